The number of hydrogen-bond donors (Lipinski definition) is 2. The van der Waals surface area contributed by atoms with Gasteiger partial charge in [0.25, 0.3) is 5.56 Å². The van der Waals surface area contributed by atoms with Crippen LogP contribution in [0.3, 0.4) is 0 Å². The second kappa shape index (κ2) is 5.92. The maximum absolute atomic E-state index is 14.0. The first kappa shape index (κ1) is 14.8. The van der Waals surface area contributed by atoms with Gasteiger partial charge >= 0.3 is 0 Å². The summed E-state index contributed by atoms with van der Waals surface area (Å²) in [5, 5.41) is 14.9. The van der Waals surface area contributed by atoms with Crippen LogP contribution in [0.15, 0.2) is 38.7 Å². The Labute approximate surface area is 134 Å². The molecular weight excluding hydrogens is 353 g/mol. The van der Waals surface area contributed by atoms with Gasteiger partial charge < -0.3 is 15.1 Å². The maximum Gasteiger partial charge on any atom is 0.252 e. The van der Waals surface area contributed by atoms with E-state index in [2.05, 4.69) is 26.4 Å². The van der Waals surface area contributed by atoms with Gasteiger partial charge in [0.15, 0.2) is 0 Å². The molecule has 2 aromatic rings. The number of benzene rings is 1. The van der Waals surface area contributed by atoms with Crippen LogP contribution in [0.5, 0.6) is 0 Å². The molecule has 2 N–H and O–H groups in total. The molecule has 0 atom stereocenters. The lowest BCUT2D eigenvalue weighted by atomic mass is 10.1. The molecule has 0 bridgehead atoms. The van der Waals surface area contributed by atoms with Crippen LogP contribution in [0.1, 0.15) is 17.7 Å². The molecule has 0 saturated heterocycles. The van der Waals surface area contributed by atoms with Crippen molar-refractivity contribution in [3.63, 3.8) is 0 Å². The summed E-state index contributed by atoms with van der Waals surface area (Å²) in [6, 6.07) is 6.01. The van der Waals surface area contributed by atoms with Crippen molar-refractivity contribution in [2.24, 2.45) is 5.16 Å². The maximum atomic E-state index is 14.0. The second-order valence-corrected chi connectivity index (χ2v) is 5.92. The Morgan fingerprint density at radius 3 is 2.91 bits per heavy atom. The van der Waals surface area contributed by atoms with Crippen LogP contribution < -0.4 is 10.9 Å². The average molecular weight is 366 g/mol. The normalized spacial score (nSPS) is 13.5. The van der Waals surface area contributed by atoms with E-state index in [0.29, 0.717) is 22.3 Å². The summed E-state index contributed by atoms with van der Waals surface area (Å²) in [6.45, 7) is 0.646. The summed E-state index contributed by atoms with van der Waals surface area (Å²) in [6.07, 6.45) is 2.85. The summed E-state index contributed by atoms with van der Waals surface area (Å²) in [5.41, 5.74) is 1.92. The SMILES string of the molecule is O=c1cc(Nc2ccc(Br)cc2F)c(C=NO)c2n1CCC2. The smallest absolute Gasteiger partial charge is 0.252 e. The van der Waals surface area contributed by atoms with Gasteiger partial charge in [0.1, 0.15) is 5.82 Å². The minimum absolute atomic E-state index is 0.150. The van der Waals surface area contributed by atoms with Crippen LogP contribution in [-0.4, -0.2) is 16.0 Å². The molecule has 0 amide bonds. The van der Waals surface area contributed by atoms with E-state index in [9.17, 15) is 9.18 Å². The van der Waals surface area contributed by atoms with E-state index < -0.39 is 5.82 Å². The lowest BCUT2D eigenvalue weighted by molar-refractivity contribution is 0.322. The molecule has 0 saturated carbocycles. The predicted octanol–water partition coefficient (Wildman–Crippen LogP) is 3.25. The molecule has 1 aliphatic rings. The monoisotopic (exact) mass is 365 g/mol. The largest absolute Gasteiger partial charge is 0.411 e. The van der Waals surface area contributed by atoms with Gasteiger partial charge in [-0.2, -0.15) is 0 Å². The molecule has 1 aromatic heterocycles. The zero-order valence-electron chi connectivity index (χ0n) is 11.5. The number of rotatable bonds is 3. The van der Waals surface area contributed by atoms with Crippen molar-refractivity contribution in [2.45, 2.75) is 19.4 Å². The van der Waals surface area contributed by atoms with Gasteiger partial charge in [-0.1, -0.05) is 21.1 Å². The Kier molecular flexibility index (Phi) is 3.98. The van der Waals surface area contributed by atoms with E-state index in [0.717, 1.165) is 18.5 Å². The van der Waals surface area contributed by atoms with Crippen LogP contribution in [-0.2, 0) is 13.0 Å². The standard InChI is InChI=1S/C15H13BrFN3O2/c16-9-3-4-12(11(17)6-9)19-13-7-15(21)20-5-1-2-14(20)10(13)8-18-22/h3-4,6-8,19,22H,1-2,5H2. The second-order valence-electron chi connectivity index (χ2n) is 5.01. The molecular formula is C15H13BrFN3O2. The number of oxime groups is 1. The van der Waals surface area contributed by atoms with Crippen LogP contribution in [0.2, 0.25) is 0 Å². The molecule has 2 heterocycles. The number of hydrogen-bond acceptors (Lipinski definition) is 4. The van der Waals surface area contributed by atoms with Crippen molar-refractivity contribution < 1.29 is 9.60 Å². The van der Waals surface area contributed by atoms with Gasteiger partial charge in [0.05, 0.1) is 17.6 Å². The first-order valence-electron chi connectivity index (χ1n) is 6.76. The van der Waals surface area contributed by atoms with E-state index in [1.165, 1.54) is 18.3 Å². The summed E-state index contributed by atoms with van der Waals surface area (Å²) in [7, 11) is 0. The Balaban J connectivity index is 2.10. The van der Waals surface area contributed by atoms with Crippen LogP contribution in [0.4, 0.5) is 15.8 Å². The first-order valence-corrected chi connectivity index (χ1v) is 7.55. The molecule has 0 fully saturated rings. The fourth-order valence-electron chi connectivity index (χ4n) is 2.67. The molecule has 0 spiro atoms. The van der Waals surface area contributed by atoms with Crippen molar-refractivity contribution >= 4 is 33.5 Å². The third-order valence-corrected chi connectivity index (χ3v) is 4.14. The Bertz CT molecular complexity index is 817. The Hall–Kier alpha value is -2.15. The first-order chi connectivity index (χ1) is 10.6. The van der Waals surface area contributed by atoms with Crippen molar-refractivity contribution in [3.8, 4) is 0 Å². The highest BCUT2D eigenvalue weighted by Gasteiger charge is 2.19. The Morgan fingerprint density at radius 2 is 2.18 bits per heavy atom. The van der Waals surface area contributed by atoms with Crippen LogP contribution >= 0.6 is 15.9 Å². The number of aromatic nitrogens is 1. The van der Waals surface area contributed by atoms with Gasteiger partial charge in [-0.25, -0.2) is 4.39 Å². The number of fused-ring (bicyclic) bond motifs is 1. The fourth-order valence-corrected chi connectivity index (χ4v) is 3.01. The average Bonchev–Trinajstić information content (AvgIpc) is 2.96. The number of halogens is 2. The van der Waals surface area contributed by atoms with Gasteiger partial charge in [-0.15, -0.1) is 0 Å². The molecule has 1 aliphatic heterocycles. The third kappa shape index (κ3) is 2.64. The number of pyridine rings is 1. The molecule has 114 valence electrons. The van der Waals surface area contributed by atoms with E-state index in [-0.39, 0.29) is 11.2 Å². The Morgan fingerprint density at radius 1 is 1.36 bits per heavy atom. The van der Waals surface area contributed by atoms with Crippen molar-refractivity contribution in [1.29, 1.82) is 0 Å². The number of nitrogens with one attached hydrogen (secondary N) is 1. The number of nitrogens with zero attached hydrogens (tertiary/aromatic N) is 2. The summed E-state index contributed by atoms with van der Waals surface area (Å²) in [4.78, 5) is 12.1. The highest BCUT2D eigenvalue weighted by Crippen LogP contribution is 2.27. The van der Waals surface area contributed by atoms with Gasteiger partial charge in [-0.3, -0.25) is 4.79 Å². The van der Waals surface area contributed by atoms with Crippen molar-refractivity contribution in [3.05, 3.63) is 56.2 Å². The topological polar surface area (TPSA) is 66.6 Å². The van der Waals surface area contributed by atoms with Crippen LogP contribution in [0, 0.1) is 5.82 Å². The van der Waals surface area contributed by atoms with Crippen molar-refractivity contribution in [1.82, 2.24) is 4.57 Å². The molecule has 1 aromatic carbocycles. The molecule has 0 radical (unpaired) electrons. The van der Waals surface area contributed by atoms with E-state index >= 15 is 0 Å². The quantitative estimate of drug-likeness (QED) is 0.498. The number of anilines is 2. The molecule has 22 heavy (non-hydrogen) atoms. The summed E-state index contributed by atoms with van der Waals surface area (Å²) in [5.74, 6) is -0.443. The third-order valence-electron chi connectivity index (χ3n) is 3.64. The van der Waals surface area contributed by atoms with E-state index in [1.54, 1.807) is 16.7 Å². The van der Waals surface area contributed by atoms with Gasteiger partial charge in [-0.05, 0) is 31.0 Å². The predicted molar refractivity (Wildman–Crippen MR) is 85.8 cm³/mol. The van der Waals surface area contributed by atoms with E-state index in [4.69, 9.17) is 5.21 Å². The highest BCUT2D eigenvalue weighted by atomic mass is 79.9. The fraction of sp³-hybridized carbons (Fsp3) is 0.200. The van der Waals surface area contributed by atoms with Crippen molar-refractivity contribution in [2.75, 3.05) is 5.32 Å². The van der Waals surface area contributed by atoms with Gasteiger partial charge in [0.2, 0.25) is 0 Å². The summed E-state index contributed by atoms with van der Waals surface area (Å²) < 4.78 is 16.2. The minimum Gasteiger partial charge on any atom is -0.411 e. The lowest BCUT2D eigenvalue weighted by Gasteiger charge is -2.14. The molecule has 5 nitrogen and oxygen atoms in total. The zero-order chi connectivity index (χ0) is 15.7. The van der Waals surface area contributed by atoms with Gasteiger partial charge in [0, 0.05) is 28.3 Å². The molecule has 0 unspecified atom stereocenters. The molecule has 7 heteroatoms. The summed E-state index contributed by atoms with van der Waals surface area (Å²) >= 11 is 3.20. The van der Waals surface area contributed by atoms with Crippen LogP contribution in [0.25, 0.3) is 0 Å². The molecule has 3 rings (SSSR count). The minimum atomic E-state index is -0.443. The highest BCUT2D eigenvalue weighted by molar-refractivity contribution is 9.10. The molecule has 0 aliphatic carbocycles. The zero-order valence-corrected chi connectivity index (χ0v) is 13.1. The lowest BCUT2D eigenvalue weighted by Crippen LogP contribution is -2.21. The van der Waals surface area contributed by atoms with E-state index in [1.807, 2.05) is 0 Å².